The minimum absolute atomic E-state index is 0.670. The number of hydrogen-bond donors (Lipinski definition) is 2. The minimum Gasteiger partial charge on any atom is -0.378 e. The SMILES string of the molecule is NC(=O)N/N=C/c1ccc(N2CCOCC2)cc1. The highest BCUT2D eigenvalue weighted by Crippen LogP contribution is 2.15. The second-order valence-corrected chi connectivity index (χ2v) is 3.93. The molecule has 6 heteroatoms. The molecule has 0 radical (unpaired) electrons. The number of amides is 2. The van der Waals surface area contributed by atoms with Crippen molar-refractivity contribution in [3.05, 3.63) is 29.8 Å². The van der Waals surface area contributed by atoms with Crippen molar-refractivity contribution in [2.45, 2.75) is 0 Å². The average Bonchev–Trinajstić information content (AvgIpc) is 2.40. The first-order chi connectivity index (χ1) is 8.75. The predicted octanol–water partition coefficient (Wildman–Crippen LogP) is 0.525. The summed E-state index contributed by atoms with van der Waals surface area (Å²) in [5.41, 5.74) is 9.12. The van der Waals surface area contributed by atoms with Crippen molar-refractivity contribution < 1.29 is 9.53 Å². The summed E-state index contributed by atoms with van der Waals surface area (Å²) in [6, 6.07) is 7.26. The van der Waals surface area contributed by atoms with E-state index >= 15 is 0 Å². The first-order valence-electron chi connectivity index (χ1n) is 5.77. The van der Waals surface area contributed by atoms with E-state index in [0.717, 1.165) is 31.9 Å². The Hall–Kier alpha value is -2.08. The molecule has 0 unspecified atom stereocenters. The van der Waals surface area contributed by atoms with Crippen LogP contribution in [0.5, 0.6) is 0 Å². The topological polar surface area (TPSA) is 80.0 Å². The molecule has 2 rings (SSSR count). The van der Waals surface area contributed by atoms with E-state index in [-0.39, 0.29) is 0 Å². The number of nitrogens with one attached hydrogen (secondary N) is 1. The van der Waals surface area contributed by atoms with Gasteiger partial charge in [0.2, 0.25) is 0 Å². The fraction of sp³-hybridized carbons (Fsp3) is 0.333. The lowest BCUT2D eigenvalue weighted by molar-refractivity contribution is 0.122. The molecule has 0 spiro atoms. The number of nitrogens with zero attached hydrogens (tertiary/aromatic N) is 2. The number of urea groups is 1. The summed E-state index contributed by atoms with van der Waals surface area (Å²) in [5, 5.41) is 3.70. The first-order valence-corrected chi connectivity index (χ1v) is 5.77. The Labute approximate surface area is 105 Å². The van der Waals surface area contributed by atoms with Crippen molar-refractivity contribution in [3.63, 3.8) is 0 Å². The monoisotopic (exact) mass is 248 g/mol. The highest BCUT2D eigenvalue weighted by molar-refractivity contribution is 5.82. The molecule has 0 saturated carbocycles. The van der Waals surface area contributed by atoms with Crippen LogP contribution in [-0.4, -0.2) is 38.5 Å². The second kappa shape index (κ2) is 6.02. The van der Waals surface area contributed by atoms with E-state index in [1.165, 1.54) is 5.69 Å². The van der Waals surface area contributed by atoms with Gasteiger partial charge in [0.1, 0.15) is 0 Å². The fourth-order valence-corrected chi connectivity index (χ4v) is 1.76. The molecule has 1 saturated heterocycles. The normalized spacial score (nSPS) is 15.9. The van der Waals surface area contributed by atoms with Crippen molar-refractivity contribution in [3.8, 4) is 0 Å². The number of ether oxygens (including phenoxy) is 1. The lowest BCUT2D eigenvalue weighted by Gasteiger charge is -2.28. The molecule has 2 amide bonds. The lowest BCUT2D eigenvalue weighted by atomic mass is 10.2. The van der Waals surface area contributed by atoms with Crippen molar-refractivity contribution in [1.82, 2.24) is 5.43 Å². The number of rotatable bonds is 3. The molecule has 1 aliphatic heterocycles. The zero-order valence-corrected chi connectivity index (χ0v) is 10.0. The van der Waals surface area contributed by atoms with Crippen molar-refractivity contribution >= 4 is 17.9 Å². The third-order valence-corrected chi connectivity index (χ3v) is 2.66. The first kappa shape index (κ1) is 12.4. The molecule has 18 heavy (non-hydrogen) atoms. The smallest absolute Gasteiger partial charge is 0.332 e. The summed E-state index contributed by atoms with van der Waals surface area (Å²) >= 11 is 0. The van der Waals surface area contributed by atoms with Gasteiger partial charge in [0.15, 0.2) is 0 Å². The average molecular weight is 248 g/mol. The number of morpholine rings is 1. The van der Waals surface area contributed by atoms with Gasteiger partial charge in [-0.1, -0.05) is 12.1 Å². The fourth-order valence-electron chi connectivity index (χ4n) is 1.76. The van der Waals surface area contributed by atoms with Crippen LogP contribution in [0.3, 0.4) is 0 Å². The molecule has 1 aromatic rings. The third kappa shape index (κ3) is 3.46. The van der Waals surface area contributed by atoms with Crippen LogP contribution in [-0.2, 0) is 4.74 Å². The number of nitrogens with two attached hydrogens (primary N) is 1. The highest BCUT2D eigenvalue weighted by atomic mass is 16.5. The number of carbonyl (C=O) groups is 1. The summed E-state index contributed by atoms with van der Waals surface area (Å²) in [6.07, 6.45) is 1.55. The van der Waals surface area contributed by atoms with Gasteiger partial charge in [-0.15, -0.1) is 0 Å². The van der Waals surface area contributed by atoms with Gasteiger partial charge in [0.25, 0.3) is 0 Å². The molecule has 1 fully saturated rings. The summed E-state index contributed by atoms with van der Waals surface area (Å²) < 4.78 is 5.31. The Kier molecular flexibility index (Phi) is 4.14. The van der Waals surface area contributed by atoms with E-state index in [0.29, 0.717) is 0 Å². The van der Waals surface area contributed by atoms with E-state index in [9.17, 15) is 4.79 Å². The van der Waals surface area contributed by atoms with Crippen LogP contribution in [0.15, 0.2) is 29.4 Å². The van der Waals surface area contributed by atoms with Crippen LogP contribution in [0.2, 0.25) is 0 Å². The Morgan fingerprint density at radius 3 is 2.61 bits per heavy atom. The summed E-state index contributed by atoms with van der Waals surface area (Å²) in [5.74, 6) is 0. The van der Waals surface area contributed by atoms with E-state index in [1.54, 1.807) is 6.21 Å². The minimum atomic E-state index is -0.670. The van der Waals surface area contributed by atoms with E-state index < -0.39 is 6.03 Å². The van der Waals surface area contributed by atoms with Gasteiger partial charge in [-0.3, -0.25) is 0 Å². The van der Waals surface area contributed by atoms with Crippen LogP contribution in [0, 0.1) is 0 Å². The molecule has 3 N–H and O–H groups in total. The number of hydrazone groups is 1. The van der Waals surface area contributed by atoms with E-state index in [1.807, 2.05) is 24.3 Å². The van der Waals surface area contributed by atoms with Crippen LogP contribution in [0.4, 0.5) is 10.5 Å². The molecule has 0 aromatic heterocycles. The van der Waals surface area contributed by atoms with Gasteiger partial charge in [-0.25, -0.2) is 10.2 Å². The zero-order valence-electron chi connectivity index (χ0n) is 10.0. The van der Waals surface area contributed by atoms with Gasteiger partial charge >= 0.3 is 6.03 Å². The summed E-state index contributed by atoms with van der Waals surface area (Å²) in [6.45, 7) is 3.37. The van der Waals surface area contributed by atoms with Crippen molar-refractivity contribution in [1.29, 1.82) is 0 Å². The number of anilines is 1. The molecule has 6 nitrogen and oxygen atoms in total. The maximum absolute atomic E-state index is 10.4. The van der Waals surface area contributed by atoms with Gasteiger partial charge in [-0.05, 0) is 17.7 Å². The lowest BCUT2D eigenvalue weighted by Crippen LogP contribution is -2.36. The molecule has 96 valence electrons. The molecular weight excluding hydrogens is 232 g/mol. The standard InChI is InChI=1S/C12H16N4O2/c13-12(17)15-14-9-10-1-3-11(4-2-10)16-5-7-18-8-6-16/h1-4,9H,5-8H2,(H3,13,15,17)/b14-9+. The maximum Gasteiger partial charge on any atom is 0.332 e. The molecule has 0 atom stereocenters. The predicted molar refractivity (Wildman–Crippen MR) is 69.8 cm³/mol. The van der Waals surface area contributed by atoms with Gasteiger partial charge in [0.05, 0.1) is 19.4 Å². The molecule has 0 aliphatic carbocycles. The number of carbonyl (C=O) groups excluding carboxylic acids is 1. The van der Waals surface area contributed by atoms with E-state index in [4.69, 9.17) is 10.5 Å². The second-order valence-electron chi connectivity index (χ2n) is 3.93. The van der Waals surface area contributed by atoms with Gasteiger partial charge in [0, 0.05) is 18.8 Å². The largest absolute Gasteiger partial charge is 0.378 e. The van der Waals surface area contributed by atoms with E-state index in [2.05, 4.69) is 15.4 Å². The van der Waals surface area contributed by atoms with Gasteiger partial charge in [-0.2, -0.15) is 5.10 Å². The van der Waals surface area contributed by atoms with Crippen molar-refractivity contribution in [2.75, 3.05) is 31.2 Å². The summed E-state index contributed by atoms with van der Waals surface area (Å²) in [7, 11) is 0. The van der Waals surface area contributed by atoms with Crippen LogP contribution >= 0.6 is 0 Å². The van der Waals surface area contributed by atoms with Crippen molar-refractivity contribution in [2.24, 2.45) is 10.8 Å². The maximum atomic E-state index is 10.4. The molecule has 1 aliphatic rings. The third-order valence-electron chi connectivity index (χ3n) is 2.66. The molecule has 1 aromatic carbocycles. The van der Waals surface area contributed by atoms with Gasteiger partial charge < -0.3 is 15.4 Å². The molecule has 1 heterocycles. The Balaban J connectivity index is 1.96. The Morgan fingerprint density at radius 2 is 2.00 bits per heavy atom. The molecular formula is C12H16N4O2. The van der Waals surface area contributed by atoms with Crippen LogP contribution < -0.4 is 16.1 Å². The molecule has 0 bridgehead atoms. The highest BCUT2D eigenvalue weighted by Gasteiger charge is 2.10. The number of primary amides is 1. The zero-order chi connectivity index (χ0) is 12.8. The summed E-state index contributed by atoms with van der Waals surface area (Å²) in [4.78, 5) is 12.7. The Morgan fingerprint density at radius 1 is 1.33 bits per heavy atom. The number of hydrogen-bond acceptors (Lipinski definition) is 4. The quantitative estimate of drug-likeness (QED) is 0.604. The van der Waals surface area contributed by atoms with Crippen LogP contribution in [0.1, 0.15) is 5.56 Å². The Bertz CT molecular complexity index is 424. The number of benzene rings is 1. The van der Waals surface area contributed by atoms with Crippen LogP contribution in [0.25, 0.3) is 0 Å².